The van der Waals surface area contributed by atoms with E-state index in [0.717, 1.165) is 11.1 Å². The molecule has 0 radical (unpaired) electrons. The van der Waals surface area contributed by atoms with Gasteiger partial charge in [-0.3, -0.25) is 4.98 Å². The van der Waals surface area contributed by atoms with Gasteiger partial charge in [0.05, 0.1) is 0 Å². The monoisotopic (exact) mass is 187 g/mol. The van der Waals surface area contributed by atoms with E-state index >= 15 is 0 Å². The largest absolute Gasteiger partial charge is 0.508 e. The van der Waals surface area contributed by atoms with E-state index < -0.39 is 0 Å². The number of rotatable bonds is 4. The van der Waals surface area contributed by atoms with Crippen molar-refractivity contribution < 1.29 is 5.11 Å². The summed E-state index contributed by atoms with van der Waals surface area (Å²) in [7, 11) is 0. The van der Waals surface area contributed by atoms with Gasteiger partial charge in [-0.05, 0) is 29.3 Å². The van der Waals surface area contributed by atoms with Crippen LogP contribution in [0.25, 0.3) is 0 Å². The van der Waals surface area contributed by atoms with E-state index in [2.05, 4.69) is 18.1 Å². The van der Waals surface area contributed by atoms with Crippen molar-refractivity contribution in [3.8, 4) is 0 Å². The molecule has 72 valence electrons. The van der Waals surface area contributed by atoms with Crippen molar-refractivity contribution >= 4 is 0 Å². The van der Waals surface area contributed by atoms with Gasteiger partial charge in [0.1, 0.15) is 5.76 Å². The SMILES string of the molecule is C=C/C(O)=C(\C=C)Cc1ccncc1. The Morgan fingerprint density at radius 2 is 1.93 bits per heavy atom. The quantitative estimate of drug-likeness (QED) is 0.580. The van der Waals surface area contributed by atoms with Gasteiger partial charge in [0, 0.05) is 18.8 Å². The van der Waals surface area contributed by atoms with Crippen molar-refractivity contribution in [2.75, 3.05) is 0 Å². The fourth-order valence-electron chi connectivity index (χ4n) is 1.12. The van der Waals surface area contributed by atoms with Gasteiger partial charge >= 0.3 is 0 Å². The van der Waals surface area contributed by atoms with Gasteiger partial charge in [-0.2, -0.15) is 0 Å². The number of aliphatic hydroxyl groups is 1. The van der Waals surface area contributed by atoms with E-state index in [0.29, 0.717) is 6.42 Å². The Balaban J connectivity index is 2.87. The summed E-state index contributed by atoms with van der Waals surface area (Å²) in [6.45, 7) is 7.15. The van der Waals surface area contributed by atoms with Crippen LogP contribution >= 0.6 is 0 Å². The zero-order valence-electron chi connectivity index (χ0n) is 7.98. The lowest BCUT2D eigenvalue weighted by Gasteiger charge is -2.03. The Labute approximate surface area is 83.9 Å². The van der Waals surface area contributed by atoms with E-state index in [9.17, 15) is 5.11 Å². The van der Waals surface area contributed by atoms with Crippen LogP contribution in [-0.4, -0.2) is 10.1 Å². The molecule has 2 heteroatoms. The summed E-state index contributed by atoms with van der Waals surface area (Å²) < 4.78 is 0. The Kier molecular flexibility index (Phi) is 3.68. The van der Waals surface area contributed by atoms with Gasteiger partial charge in [-0.15, -0.1) is 0 Å². The van der Waals surface area contributed by atoms with Gasteiger partial charge in [-0.1, -0.05) is 19.2 Å². The lowest BCUT2D eigenvalue weighted by atomic mass is 10.1. The average Bonchev–Trinajstić information content (AvgIpc) is 2.26. The summed E-state index contributed by atoms with van der Waals surface area (Å²) in [5.41, 5.74) is 1.86. The maximum atomic E-state index is 9.45. The summed E-state index contributed by atoms with van der Waals surface area (Å²) in [4.78, 5) is 3.92. The molecule has 0 saturated heterocycles. The molecule has 0 aliphatic heterocycles. The minimum Gasteiger partial charge on any atom is -0.508 e. The summed E-state index contributed by atoms with van der Waals surface area (Å²) in [5.74, 6) is 0.178. The van der Waals surface area contributed by atoms with Crippen molar-refractivity contribution in [3.05, 3.63) is 66.7 Å². The molecule has 1 rings (SSSR count). The van der Waals surface area contributed by atoms with Crippen molar-refractivity contribution in [2.45, 2.75) is 6.42 Å². The summed E-state index contributed by atoms with van der Waals surface area (Å²) in [6, 6.07) is 3.81. The van der Waals surface area contributed by atoms with E-state index in [1.54, 1.807) is 18.5 Å². The number of aliphatic hydroxyl groups excluding tert-OH is 1. The van der Waals surface area contributed by atoms with E-state index in [1.165, 1.54) is 6.08 Å². The number of aromatic nitrogens is 1. The van der Waals surface area contributed by atoms with Crippen LogP contribution in [0.15, 0.2) is 61.2 Å². The highest BCUT2D eigenvalue weighted by molar-refractivity contribution is 5.31. The molecule has 0 aliphatic rings. The molecule has 0 aliphatic carbocycles. The second-order valence-corrected chi connectivity index (χ2v) is 2.85. The molecule has 1 heterocycles. The highest BCUT2D eigenvalue weighted by Crippen LogP contribution is 2.11. The highest BCUT2D eigenvalue weighted by atomic mass is 16.3. The molecule has 2 nitrogen and oxygen atoms in total. The smallest absolute Gasteiger partial charge is 0.118 e. The van der Waals surface area contributed by atoms with E-state index in [-0.39, 0.29) is 5.76 Å². The number of allylic oxidation sites excluding steroid dienone is 3. The predicted octanol–water partition coefficient (Wildman–Crippen LogP) is 2.81. The van der Waals surface area contributed by atoms with Gasteiger partial charge < -0.3 is 5.11 Å². The van der Waals surface area contributed by atoms with Gasteiger partial charge in [0.25, 0.3) is 0 Å². The Hall–Kier alpha value is -1.83. The van der Waals surface area contributed by atoms with Crippen LogP contribution in [0.3, 0.4) is 0 Å². The molecule has 0 bridgehead atoms. The summed E-state index contributed by atoms with van der Waals surface area (Å²) in [5, 5.41) is 9.45. The molecule has 0 fully saturated rings. The molecule has 0 unspecified atom stereocenters. The molecule has 0 atom stereocenters. The minimum atomic E-state index is 0.178. The minimum absolute atomic E-state index is 0.178. The zero-order chi connectivity index (χ0) is 10.4. The van der Waals surface area contributed by atoms with Crippen LogP contribution in [0.4, 0.5) is 0 Å². The average molecular weight is 187 g/mol. The van der Waals surface area contributed by atoms with Gasteiger partial charge in [0.15, 0.2) is 0 Å². The molecule has 1 aromatic rings. The number of pyridine rings is 1. The molecule has 0 amide bonds. The molecular formula is C12H13NO. The van der Waals surface area contributed by atoms with Crippen molar-refractivity contribution in [2.24, 2.45) is 0 Å². The van der Waals surface area contributed by atoms with Crippen LogP contribution in [0.5, 0.6) is 0 Å². The first-order chi connectivity index (χ1) is 6.77. The third-order valence-corrected chi connectivity index (χ3v) is 1.91. The topological polar surface area (TPSA) is 33.1 Å². The van der Waals surface area contributed by atoms with Crippen LogP contribution in [0.2, 0.25) is 0 Å². The standard InChI is InChI=1S/C12H13NO/c1-3-11(12(14)4-2)9-10-5-7-13-8-6-10/h3-8,14H,1-2,9H2/b12-11-. The fraction of sp³-hybridized carbons (Fsp3) is 0.0833. The first-order valence-corrected chi connectivity index (χ1v) is 4.33. The molecular weight excluding hydrogens is 174 g/mol. The van der Waals surface area contributed by atoms with Crippen molar-refractivity contribution in [1.29, 1.82) is 0 Å². The maximum Gasteiger partial charge on any atom is 0.118 e. The Morgan fingerprint density at radius 1 is 1.29 bits per heavy atom. The maximum absolute atomic E-state index is 9.45. The molecule has 0 saturated carbocycles. The highest BCUT2D eigenvalue weighted by Gasteiger charge is 2.00. The third-order valence-electron chi connectivity index (χ3n) is 1.91. The first kappa shape index (κ1) is 10.3. The van der Waals surface area contributed by atoms with Crippen LogP contribution in [0.1, 0.15) is 5.56 Å². The third kappa shape index (κ3) is 2.59. The van der Waals surface area contributed by atoms with Crippen molar-refractivity contribution in [1.82, 2.24) is 4.98 Å². The summed E-state index contributed by atoms with van der Waals surface area (Å²) in [6.07, 6.45) is 7.14. The normalized spacial score (nSPS) is 11.7. The van der Waals surface area contributed by atoms with Gasteiger partial charge in [0.2, 0.25) is 0 Å². The second kappa shape index (κ2) is 5.02. The number of nitrogens with zero attached hydrogens (tertiary/aromatic N) is 1. The van der Waals surface area contributed by atoms with Gasteiger partial charge in [-0.25, -0.2) is 0 Å². The molecule has 14 heavy (non-hydrogen) atoms. The van der Waals surface area contributed by atoms with Crippen molar-refractivity contribution in [3.63, 3.8) is 0 Å². The molecule has 0 spiro atoms. The van der Waals surface area contributed by atoms with E-state index in [1.807, 2.05) is 12.1 Å². The Morgan fingerprint density at radius 3 is 2.43 bits per heavy atom. The molecule has 0 aromatic carbocycles. The number of hydrogen-bond donors (Lipinski definition) is 1. The zero-order valence-corrected chi connectivity index (χ0v) is 7.98. The fourth-order valence-corrected chi connectivity index (χ4v) is 1.12. The van der Waals surface area contributed by atoms with E-state index in [4.69, 9.17) is 0 Å². The molecule has 1 aromatic heterocycles. The Bertz CT molecular complexity index is 352. The number of hydrogen-bond acceptors (Lipinski definition) is 2. The summed E-state index contributed by atoms with van der Waals surface area (Å²) >= 11 is 0. The van der Waals surface area contributed by atoms with Crippen LogP contribution in [0, 0.1) is 0 Å². The lowest BCUT2D eigenvalue weighted by Crippen LogP contribution is -1.92. The van der Waals surface area contributed by atoms with Crippen LogP contribution in [-0.2, 0) is 6.42 Å². The predicted molar refractivity (Wildman–Crippen MR) is 58.0 cm³/mol. The molecule has 1 N–H and O–H groups in total. The first-order valence-electron chi connectivity index (χ1n) is 4.33. The lowest BCUT2D eigenvalue weighted by molar-refractivity contribution is 0.426. The second-order valence-electron chi connectivity index (χ2n) is 2.85. The van der Waals surface area contributed by atoms with Crippen LogP contribution < -0.4 is 0 Å².